The lowest BCUT2D eigenvalue weighted by atomic mass is 10.2. The van der Waals surface area contributed by atoms with Crippen LogP contribution in [0.1, 0.15) is 60.7 Å². The summed E-state index contributed by atoms with van der Waals surface area (Å²) in [5, 5.41) is 16.7. The van der Waals surface area contributed by atoms with Crippen LogP contribution in [0.15, 0.2) is 0 Å². The summed E-state index contributed by atoms with van der Waals surface area (Å²) in [5.41, 5.74) is 0. The van der Waals surface area contributed by atoms with E-state index in [1.807, 2.05) is 0 Å². The first-order chi connectivity index (χ1) is 8.41. The van der Waals surface area contributed by atoms with Crippen molar-refractivity contribution in [1.82, 2.24) is 0 Å². The molecule has 0 bridgehead atoms. The molecule has 0 aromatic carbocycles. The van der Waals surface area contributed by atoms with Crippen LogP contribution in [-0.2, 0) is 0 Å². The van der Waals surface area contributed by atoms with Gasteiger partial charge in [-0.3, -0.25) is 0 Å². The van der Waals surface area contributed by atoms with E-state index in [-0.39, 0.29) is 1.43 Å². The topological polar surface area (TPSA) is 63.2 Å². The summed E-state index contributed by atoms with van der Waals surface area (Å²) in [7, 11) is 2.45. The number of quaternary nitrogens is 1. The minimum atomic E-state index is -2.33. The van der Waals surface area contributed by atoms with Crippen molar-refractivity contribution in [3.8, 4) is 0 Å². The third-order valence-electron chi connectivity index (χ3n) is 3.15. The Labute approximate surface area is 114 Å². The molecule has 0 heterocycles. The predicted octanol–water partition coefficient (Wildman–Crippen LogP) is 1.50. The van der Waals surface area contributed by atoms with Crippen molar-refractivity contribution in [3.63, 3.8) is 0 Å². The standard InChI is InChI=1S/C13H30N.CH2O3/c1-5-8-11-14(4,12-9-6-2)13-10-7-3;2-1(3)4/h5-13H2,1-4H3;(H2,2,3,4)/q+1;/p-1. The maximum Gasteiger partial charge on any atom is 1.00 e. The van der Waals surface area contributed by atoms with Crippen molar-refractivity contribution < 1.29 is 20.9 Å². The minimum absolute atomic E-state index is 0. The number of hydrogen-bond acceptors (Lipinski definition) is 3. The second-order valence-corrected chi connectivity index (χ2v) is 5.10. The molecule has 0 aliphatic heterocycles. The molecule has 0 rings (SSSR count). The number of rotatable bonds is 9. The van der Waals surface area contributed by atoms with E-state index in [0.29, 0.717) is 0 Å². The van der Waals surface area contributed by atoms with Crippen LogP contribution < -0.4 is 10.2 Å². The average molecular weight is 261 g/mol. The number of hydrogen-bond donors (Lipinski definition) is 0. The fourth-order valence-electron chi connectivity index (χ4n) is 1.95. The van der Waals surface area contributed by atoms with E-state index in [9.17, 15) is 0 Å². The highest BCUT2D eigenvalue weighted by Crippen LogP contribution is 2.10. The normalized spacial score (nSPS) is 10.7. The van der Waals surface area contributed by atoms with Crippen molar-refractivity contribution in [1.29, 1.82) is 0 Å². The molecule has 0 N–H and O–H groups in total. The van der Waals surface area contributed by atoms with Gasteiger partial charge < -0.3 is 19.5 Å². The Morgan fingerprint density at radius 2 is 1.11 bits per heavy atom. The monoisotopic (exact) mass is 261 g/mol. The van der Waals surface area contributed by atoms with E-state index in [0.717, 1.165) is 0 Å². The molecule has 0 radical (unpaired) electrons. The molecule has 110 valence electrons. The number of unbranched alkanes of at least 4 members (excludes halogenated alkanes) is 3. The van der Waals surface area contributed by atoms with E-state index in [1.54, 1.807) is 0 Å². The molecule has 4 heteroatoms. The van der Waals surface area contributed by atoms with Crippen molar-refractivity contribution in [3.05, 3.63) is 0 Å². The number of nitrogens with zero attached hydrogens (tertiary/aromatic N) is 1. The average Bonchev–Trinajstić information content (AvgIpc) is 2.31. The van der Waals surface area contributed by atoms with Crippen LogP contribution in [-0.4, -0.2) is 37.3 Å². The number of carbonyl (C=O) groups excluding carboxylic acids is 1. The number of carbonyl (C=O) groups is 1. The van der Waals surface area contributed by atoms with Crippen LogP contribution in [0.5, 0.6) is 0 Å². The Balaban J connectivity index is -0.000000448. The zero-order valence-electron chi connectivity index (χ0n) is 13.5. The smallest absolute Gasteiger partial charge is 0.652 e. The maximum atomic E-state index is 8.33. The fourth-order valence-corrected chi connectivity index (χ4v) is 1.95. The molecule has 0 aromatic heterocycles. The summed E-state index contributed by atoms with van der Waals surface area (Å²) < 4.78 is 1.32. The second-order valence-electron chi connectivity index (χ2n) is 5.10. The van der Waals surface area contributed by atoms with Crippen LogP contribution in [0.2, 0.25) is 0 Å². The molecule has 0 fully saturated rings. The largest absolute Gasteiger partial charge is 1.00 e. The lowest BCUT2D eigenvalue weighted by Gasteiger charge is -2.34. The van der Waals surface area contributed by atoms with Crippen molar-refractivity contribution in [2.24, 2.45) is 0 Å². The summed E-state index contributed by atoms with van der Waals surface area (Å²) in [4.78, 5) is 8.33. The summed E-state index contributed by atoms with van der Waals surface area (Å²) in [6.07, 6.45) is 5.86. The third kappa shape index (κ3) is 15.2. The fraction of sp³-hybridized carbons (Fsp3) is 0.929. The van der Waals surface area contributed by atoms with Crippen LogP contribution in [0, 0.1) is 0 Å². The Bertz CT molecular complexity index is 175. The van der Waals surface area contributed by atoms with E-state index in [1.165, 1.54) is 62.6 Å². The molecule has 0 aliphatic rings. The van der Waals surface area contributed by atoms with Crippen LogP contribution >= 0.6 is 0 Å². The van der Waals surface area contributed by atoms with E-state index < -0.39 is 6.16 Å². The van der Waals surface area contributed by atoms with Gasteiger partial charge in [-0.1, -0.05) is 40.0 Å². The molecule has 0 amide bonds. The highest BCUT2D eigenvalue weighted by Gasteiger charge is 2.18. The summed E-state index contributed by atoms with van der Waals surface area (Å²) >= 11 is 0. The maximum absolute atomic E-state index is 8.33. The van der Waals surface area contributed by atoms with E-state index in [4.69, 9.17) is 15.0 Å². The van der Waals surface area contributed by atoms with E-state index >= 15 is 0 Å². The van der Waals surface area contributed by atoms with Gasteiger partial charge in [0.25, 0.3) is 0 Å². The Morgan fingerprint density at radius 1 is 0.889 bits per heavy atom. The van der Waals surface area contributed by atoms with Gasteiger partial charge in [0.1, 0.15) is 0 Å². The van der Waals surface area contributed by atoms with E-state index in [2.05, 4.69) is 27.8 Å². The first-order valence-corrected chi connectivity index (χ1v) is 7.13. The molecule has 18 heavy (non-hydrogen) atoms. The zero-order valence-corrected chi connectivity index (χ0v) is 12.5. The van der Waals surface area contributed by atoms with Crippen molar-refractivity contribution >= 4 is 6.16 Å². The SMILES string of the molecule is CCCC[N+](C)(CCCC)CCCC.O=C([O-])[O-].[H+]. The molecule has 0 unspecified atom stereocenters. The van der Waals surface area contributed by atoms with Crippen LogP contribution in [0.3, 0.4) is 0 Å². The molecule has 0 saturated carbocycles. The summed E-state index contributed by atoms with van der Waals surface area (Å²) in [5.74, 6) is 0. The summed E-state index contributed by atoms with van der Waals surface area (Å²) in [6, 6.07) is 0. The van der Waals surface area contributed by atoms with Crippen LogP contribution in [0.25, 0.3) is 0 Å². The van der Waals surface area contributed by atoms with Crippen molar-refractivity contribution in [2.75, 3.05) is 26.7 Å². The molecule has 0 saturated heterocycles. The van der Waals surface area contributed by atoms with Crippen molar-refractivity contribution in [2.45, 2.75) is 59.3 Å². The highest BCUT2D eigenvalue weighted by atomic mass is 16.6. The van der Waals surface area contributed by atoms with Gasteiger partial charge in [-0.05, 0) is 25.4 Å². The molecule has 4 nitrogen and oxygen atoms in total. The first kappa shape index (κ1) is 19.6. The lowest BCUT2D eigenvalue weighted by Crippen LogP contribution is -2.46. The van der Waals surface area contributed by atoms with Gasteiger partial charge in [-0.15, -0.1) is 0 Å². The third-order valence-corrected chi connectivity index (χ3v) is 3.15. The van der Waals surface area contributed by atoms with Gasteiger partial charge in [-0.2, -0.15) is 0 Å². The van der Waals surface area contributed by atoms with Gasteiger partial charge in [0.15, 0.2) is 0 Å². The molecular formula is C14H31NO3. The lowest BCUT2D eigenvalue weighted by molar-refractivity contribution is -0.910. The van der Waals surface area contributed by atoms with Gasteiger partial charge in [-0.25, -0.2) is 0 Å². The molecular weight excluding hydrogens is 230 g/mol. The molecule has 0 aromatic rings. The predicted molar refractivity (Wildman–Crippen MR) is 72.0 cm³/mol. The number of carboxylic acid groups (broad SMARTS) is 2. The molecule has 0 aliphatic carbocycles. The van der Waals surface area contributed by atoms with Gasteiger partial charge in [0, 0.05) is 0 Å². The highest BCUT2D eigenvalue weighted by molar-refractivity contribution is 5.47. The Kier molecular flexibility index (Phi) is 13.8. The quantitative estimate of drug-likeness (QED) is 0.591. The van der Waals surface area contributed by atoms with Gasteiger partial charge in [0.05, 0.1) is 26.7 Å². The molecule has 0 atom stereocenters. The first-order valence-electron chi connectivity index (χ1n) is 7.13. The summed E-state index contributed by atoms with van der Waals surface area (Å²) in [6.45, 7) is 11.0. The minimum Gasteiger partial charge on any atom is -0.652 e. The second kappa shape index (κ2) is 12.7. The van der Waals surface area contributed by atoms with Gasteiger partial charge in [0.2, 0.25) is 0 Å². The Morgan fingerprint density at radius 3 is 1.28 bits per heavy atom. The Hall–Kier alpha value is -0.770. The zero-order chi connectivity index (χ0) is 14.4. The van der Waals surface area contributed by atoms with Gasteiger partial charge >= 0.3 is 1.43 Å². The molecule has 0 spiro atoms. The van der Waals surface area contributed by atoms with Crippen LogP contribution in [0.4, 0.5) is 4.79 Å².